The molecule has 0 spiro atoms. The number of hydrogen-bond acceptors (Lipinski definition) is 0. The second-order valence-corrected chi connectivity index (χ2v) is 5.30. The Bertz CT molecular complexity index is 302. The van der Waals surface area contributed by atoms with Crippen LogP contribution in [0, 0.1) is 0 Å². The van der Waals surface area contributed by atoms with E-state index in [-0.39, 0.29) is 0 Å². The SMILES string of the molecule is CCC1[Se]C=Cc2ccccc21. The summed E-state index contributed by atoms with van der Waals surface area (Å²) in [5.74, 6) is 0. The molecule has 1 atom stereocenters. The summed E-state index contributed by atoms with van der Waals surface area (Å²) in [7, 11) is 0. The Hall–Kier alpha value is -0.521. The van der Waals surface area contributed by atoms with Gasteiger partial charge in [0.15, 0.2) is 0 Å². The van der Waals surface area contributed by atoms with Gasteiger partial charge >= 0.3 is 79.6 Å². The van der Waals surface area contributed by atoms with E-state index < -0.39 is 0 Å². The topological polar surface area (TPSA) is 0 Å². The van der Waals surface area contributed by atoms with Crippen LogP contribution >= 0.6 is 0 Å². The first-order valence-corrected chi connectivity index (χ1v) is 6.30. The van der Waals surface area contributed by atoms with Crippen molar-refractivity contribution in [2.75, 3.05) is 0 Å². The van der Waals surface area contributed by atoms with Crippen molar-refractivity contribution < 1.29 is 0 Å². The van der Waals surface area contributed by atoms with E-state index in [0.29, 0.717) is 15.0 Å². The Kier molecular flexibility index (Phi) is 2.34. The van der Waals surface area contributed by atoms with Gasteiger partial charge in [-0.2, -0.15) is 0 Å². The number of hydrogen-bond donors (Lipinski definition) is 0. The van der Waals surface area contributed by atoms with Crippen LogP contribution in [0.25, 0.3) is 6.08 Å². The Morgan fingerprint density at radius 3 is 3.00 bits per heavy atom. The van der Waals surface area contributed by atoms with Crippen molar-refractivity contribution in [2.24, 2.45) is 0 Å². The summed E-state index contributed by atoms with van der Waals surface area (Å²) in [6.45, 7) is 2.28. The van der Waals surface area contributed by atoms with Crippen molar-refractivity contribution in [3.63, 3.8) is 0 Å². The average Bonchev–Trinajstić information content (AvgIpc) is 2.17. The Labute approximate surface area is 79.8 Å². The molecule has 0 saturated heterocycles. The third kappa shape index (κ3) is 1.35. The van der Waals surface area contributed by atoms with Gasteiger partial charge < -0.3 is 0 Å². The van der Waals surface area contributed by atoms with Crippen LogP contribution in [0.4, 0.5) is 0 Å². The zero-order valence-electron chi connectivity index (χ0n) is 7.16. The van der Waals surface area contributed by atoms with Crippen molar-refractivity contribution >= 4 is 21.0 Å². The predicted octanol–water partition coefficient (Wildman–Crippen LogP) is 2.83. The molecule has 1 aliphatic rings. The average molecular weight is 223 g/mol. The van der Waals surface area contributed by atoms with Crippen LogP contribution in [-0.2, 0) is 0 Å². The summed E-state index contributed by atoms with van der Waals surface area (Å²) >= 11 is 0.684. The van der Waals surface area contributed by atoms with Gasteiger partial charge in [0, 0.05) is 0 Å². The van der Waals surface area contributed by atoms with Crippen LogP contribution in [0.5, 0.6) is 0 Å². The van der Waals surface area contributed by atoms with Crippen LogP contribution in [0.3, 0.4) is 0 Å². The number of rotatable bonds is 1. The molecule has 12 heavy (non-hydrogen) atoms. The maximum atomic E-state index is 2.35. The summed E-state index contributed by atoms with van der Waals surface area (Å²) in [6, 6.07) is 8.75. The molecule has 0 aromatic heterocycles. The Morgan fingerprint density at radius 1 is 1.33 bits per heavy atom. The predicted molar refractivity (Wildman–Crippen MR) is 54.3 cm³/mol. The van der Waals surface area contributed by atoms with Gasteiger partial charge in [0.05, 0.1) is 0 Å². The van der Waals surface area contributed by atoms with E-state index in [4.69, 9.17) is 0 Å². The normalized spacial score (nSPS) is 20.6. The van der Waals surface area contributed by atoms with Gasteiger partial charge in [-0.3, -0.25) is 0 Å². The first-order valence-electron chi connectivity index (χ1n) is 4.32. The quantitative estimate of drug-likeness (QED) is 0.642. The van der Waals surface area contributed by atoms with E-state index in [0.717, 1.165) is 4.82 Å². The van der Waals surface area contributed by atoms with Crippen molar-refractivity contribution in [2.45, 2.75) is 18.2 Å². The molecule has 0 amide bonds. The number of fused-ring (bicyclic) bond motifs is 1. The molecule has 1 aliphatic heterocycles. The summed E-state index contributed by atoms with van der Waals surface area (Å²) in [6.07, 6.45) is 3.54. The fourth-order valence-electron chi connectivity index (χ4n) is 1.55. The first kappa shape index (κ1) is 8.09. The molecular weight excluding hydrogens is 211 g/mol. The zero-order chi connectivity index (χ0) is 8.39. The van der Waals surface area contributed by atoms with Crippen molar-refractivity contribution in [1.29, 1.82) is 0 Å². The molecule has 1 aromatic rings. The van der Waals surface area contributed by atoms with Crippen LogP contribution in [0.2, 0.25) is 0 Å². The van der Waals surface area contributed by atoms with E-state index in [9.17, 15) is 0 Å². The molecule has 0 nitrogen and oxygen atoms in total. The van der Waals surface area contributed by atoms with Crippen LogP contribution in [0.1, 0.15) is 29.3 Å². The molecule has 0 fully saturated rings. The van der Waals surface area contributed by atoms with E-state index in [2.05, 4.69) is 42.2 Å². The minimum absolute atomic E-state index is 0.684. The molecule has 0 radical (unpaired) electrons. The molecule has 1 aromatic carbocycles. The van der Waals surface area contributed by atoms with Gasteiger partial charge in [-0.15, -0.1) is 0 Å². The van der Waals surface area contributed by atoms with Crippen molar-refractivity contribution in [1.82, 2.24) is 0 Å². The van der Waals surface area contributed by atoms with E-state index in [1.807, 2.05) is 0 Å². The van der Waals surface area contributed by atoms with E-state index >= 15 is 0 Å². The summed E-state index contributed by atoms with van der Waals surface area (Å²) < 4.78 is 0. The van der Waals surface area contributed by atoms with Crippen molar-refractivity contribution in [3.05, 3.63) is 40.4 Å². The molecule has 1 heteroatoms. The molecule has 2 rings (SSSR count). The van der Waals surface area contributed by atoms with Crippen molar-refractivity contribution in [3.8, 4) is 0 Å². The molecule has 0 saturated carbocycles. The summed E-state index contributed by atoms with van der Waals surface area (Å²) in [4.78, 5) is 3.17. The van der Waals surface area contributed by atoms with Gasteiger partial charge in [0.2, 0.25) is 0 Å². The second-order valence-electron chi connectivity index (χ2n) is 2.96. The van der Waals surface area contributed by atoms with Crippen LogP contribution in [-0.4, -0.2) is 15.0 Å². The standard InChI is InChI=1S/C11H12Se/c1-2-11-10-6-4-3-5-9(10)7-8-12-11/h3-8,11H,2H2,1H3. The number of benzene rings is 1. The summed E-state index contributed by atoms with van der Waals surface area (Å²) in [5, 5.41) is 0. The minimum atomic E-state index is 0.684. The van der Waals surface area contributed by atoms with Crippen LogP contribution < -0.4 is 0 Å². The van der Waals surface area contributed by atoms with Gasteiger partial charge in [0.25, 0.3) is 0 Å². The zero-order valence-corrected chi connectivity index (χ0v) is 8.87. The summed E-state index contributed by atoms with van der Waals surface area (Å²) in [5.41, 5.74) is 2.99. The fourth-order valence-corrected chi connectivity index (χ4v) is 3.58. The maximum absolute atomic E-state index is 2.35. The van der Waals surface area contributed by atoms with Gasteiger partial charge in [0.1, 0.15) is 0 Å². The molecule has 0 bridgehead atoms. The third-order valence-corrected chi connectivity index (χ3v) is 4.74. The Morgan fingerprint density at radius 2 is 2.17 bits per heavy atom. The van der Waals surface area contributed by atoms with Gasteiger partial charge in [-0.05, 0) is 0 Å². The molecule has 0 aliphatic carbocycles. The van der Waals surface area contributed by atoms with E-state index in [1.54, 1.807) is 5.56 Å². The van der Waals surface area contributed by atoms with E-state index in [1.165, 1.54) is 12.0 Å². The first-order chi connectivity index (χ1) is 5.92. The van der Waals surface area contributed by atoms with Gasteiger partial charge in [-0.1, -0.05) is 0 Å². The third-order valence-electron chi connectivity index (χ3n) is 2.20. The molecular formula is C11H12Se. The Balaban J connectivity index is 2.45. The molecule has 1 unspecified atom stereocenters. The molecule has 0 N–H and O–H groups in total. The fraction of sp³-hybridized carbons (Fsp3) is 0.273. The second kappa shape index (κ2) is 3.47. The molecule has 1 heterocycles. The monoisotopic (exact) mass is 224 g/mol. The molecule has 62 valence electrons. The van der Waals surface area contributed by atoms with Crippen LogP contribution in [0.15, 0.2) is 29.2 Å². The van der Waals surface area contributed by atoms with Gasteiger partial charge in [-0.25, -0.2) is 0 Å².